The number of rotatable bonds is 0. The van der Waals surface area contributed by atoms with Crippen molar-refractivity contribution in [1.29, 1.82) is 0 Å². The van der Waals surface area contributed by atoms with Gasteiger partial charge in [0, 0.05) is 6.20 Å². The van der Waals surface area contributed by atoms with Crippen molar-refractivity contribution in [3.05, 3.63) is 30.2 Å². The summed E-state index contributed by atoms with van der Waals surface area (Å²) in [7, 11) is 0. The van der Waals surface area contributed by atoms with Gasteiger partial charge in [-0.2, -0.15) is 0 Å². The molecule has 0 N–H and O–H groups in total. The highest BCUT2D eigenvalue weighted by Crippen LogP contribution is 2.19. The highest BCUT2D eigenvalue weighted by Gasteiger charge is 2.00. The summed E-state index contributed by atoms with van der Waals surface area (Å²) in [6.45, 7) is 0. The molecule has 12 heavy (non-hydrogen) atoms. The lowest BCUT2D eigenvalue weighted by atomic mass is 10.5. The third-order valence-corrected chi connectivity index (χ3v) is 2.71. The van der Waals surface area contributed by atoms with Crippen LogP contribution in [0.1, 0.15) is 0 Å². The van der Waals surface area contributed by atoms with Gasteiger partial charge in [0.05, 0.1) is 16.4 Å². The summed E-state index contributed by atoms with van der Waals surface area (Å²) in [4.78, 5) is 8.29. The van der Waals surface area contributed by atoms with Crippen LogP contribution in [-0.4, -0.2) is 14.4 Å². The molecule has 3 heterocycles. The van der Waals surface area contributed by atoms with E-state index in [1.165, 1.54) is 10.2 Å². The Labute approximate surface area is 72.3 Å². The fourth-order valence-corrected chi connectivity index (χ4v) is 2.05. The molecule has 58 valence electrons. The van der Waals surface area contributed by atoms with Crippen molar-refractivity contribution in [1.82, 2.24) is 14.4 Å². The Morgan fingerprint density at radius 2 is 2.33 bits per heavy atom. The van der Waals surface area contributed by atoms with Gasteiger partial charge in [0.25, 0.3) is 0 Å². The largest absolute Gasteiger partial charge is 0.282 e. The van der Waals surface area contributed by atoms with Crippen LogP contribution in [0.2, 0.25) is 0 Å². The van der Waals surface area contributed by atoms with Crippen molar-refractivity contribution in [2.45, 2.75) is 0 Å². The van der Waals surface area contributed by atoms with E-state index in [9.17, 15) is 0 Å². The molecule has 0 aliphatic rings. The number of thiophene rings is 1. The Balaban J connectivity index is 2.71. The van der Waals surface area contributed by atoms with Crippen molar-refractivity contribution >= 4 is 27.2 Å². The van der Waals surface area contributed by atoms with Crippen LogP contribution < -0.4 is 0 Å². The third-order valence-electron chi connectivity index (χ3n) is 1.87. The zero-order valence-corrected chi connectivity index (χ0v) is 6.95. The second-order valence-electron chi connectivity index (χ2n) is 2.55. The molecule has 0 unspecified atom stereocenters. The van der Waals surface area contributed by atoms with Gasteiger partial charge in [-0.25, -0.2) is 9.97 Å². The topological polar surface area (TPSA) is 30.2 Å². The smallest absolute Gasteiger partial charge is 0.156 e. The first-order valence-electron chi connectivity index (χ1n) is 3.59. The molecule has 3 aromatic heterocycles. The Bertz CT molecular complexity index is 487. The van der Waals surface area contributed by atoms with Gasteiger partial charge >= 0.3 is 0 Å². The highest BCUT2D eigenvalue weighted by molar-refractivity contribution is 7.17. The van der Waals surface area contributed by atoms with E-state index in [0.717, 1.165) is 5.65 Å². The quantitative estimate of drug-likeness (QED) is 0.522. The average Bonchev–Trinajstić information content (AvgIpc) is 2.71. The summed E-state index contributed by atoms with van der Waals surface area (Å²) < 4.78 is 3.19. The molecule has 0 aliphatic heterocycles. The van der Waals surface area contributed by atoms with E-state index in [1.54, 1.807) is 23.9 Å². The number of nitrogens with zero attached hydrogens (tertiary/aromatic N) is 3. The first kappa shape index (κ1) is 6.14. The first-order chi connectivity index (χ1) is 5.95. The SMILES string of the molecule is c1cc2c(cnc3cncn32)s1. The van der Waals surface area contributed by atoms with E-state index >= 15 is 0 Å². The van der Waals surface area contributed by atoms with Gasteiger partial charge in [-0.3, -0.25) is 4.40 Å². The van der Waals surface area contributed by atoms with Crippen LogP contribution in [-0.2, 0) is 0 Å². The molecule has 0 saturated heterocycles. The van der Waals surface area contributed by atoms with Crippen LogP contribution in [0.25, 0.3) is 15.9 Å². The Morgan fingerprint density at radius 1 is 1.33 bits per heavy atom. The molecular formula is C8H5N3S. The number of aromatic nitrogens is 3. The van der Waals surface area contributed by atoms with Crippen LogP contribution in [0.4, 0.5) is 0 Å². The number of imidazole rings is 1. The predicted octanol–water partition coefficient (Wildman–Crippen LogP) is 1.94. The van der Waals surface area contributed by atoms with Gasteiger partial charge in [-0.1, -0.05) is 0 Å². The van der Waals surface area contributed by atoms with E-state index in [1.807, 2.05) is 10.6 Å². The zero-order valence-electron chi connectivity index (χ0n) is 6.14. The molecule has 0 radical (unpaired) electrons. The van der Waals surface area contributed by atoms with Crippen LogP contribution in [0.15, 0.2) is 30.2 Å². The van der Waals surface area contributed by atoms with E-state index in [0.29, 0.717) is 0 Å². The van der Waals surface area contributed by atoms with Gasteiger partial charge in [-0.05, 0) is 11.4 Å². The number of hydrogen-bond donors (Lipinski definition) is 0. The fraction of sp³-hybridized carbons (Fsp3) is 0. The average molecular weight is 175 g/mol. The van der Waals surface area contributed by atoms with E-state index in [-0.39, 0.29) is 0 Å². The van der Waals surface area contributed by atoms with Gasteiger partial charge < -0.3 is 0 Å². The lowest BCUT2D eigenvalue weighted by Gasteiger charge is -1.93. The summed E-state index contributed by atoms with van der Waals surface area (Å²) in [5.41, 5.74) is 2.09. The second-order valence-corrected chi connectivity index (χ2v) is 3.50. The maximum Gasteiger partial charge on any atom is 0.156 e. The summed E-state index contributed by atoms with van der Waals surface area (Å²) in [5, 5.41) is 2.06. The number of fused-ring (bicyclic) bond motifs is 3. The van der Waals surface area contributed by atoms with E-state index in [2.05, 4.69) is 21.4 Å². The van der Waals surface area contributed by atoms with Crippen molar-refractivity contribution < 1.29 is 0 Å². The molecule has 0 saturated carbocycles. The van der Waals surface area contributed by atoms with Crippen molar-refractivity contribution in [2.75, 3.05) is 0 Å². The summed E-state index contributed by atoms with van der Waals surface area (Å²) >= 11 is 1.69. The lowest BCUT2D eigenvalue weighted by Crippen LogP contribution is -1.84. The molecule has 0 amide bonds. The van der Waals surface area contributed by atoms with Gasteiger partial charge in [0.2, 0.25) is 0 Å². The van der Waals surface area contributed by atoms with Crippen LogP contribution in [0, 0.1) is 0 Å². The Hall–Kier alpha value is -1.42. The second kappa shape index (κ2) is 2.04. The molecule has 3 rings (SSSR count). The fourth-order valence-electron chi connectivity index (χ4n) is 1.30. The van der Waals surface area contributed by atoms with Crippen LogP contribution in [0.3, 0.4) is 0 Å². The van der Waals surface area contributed by atoms with E-state index < -0.39 is 0 Å². The normalized spacial score (nSPS) is 11.3. The van der Waals surface area contributed by atoms with Gasteiger partial charge in [-0.15, -0.1) is 11.3 Å². The molecule has 3 nitrogen and oxygen atoms in total. The van der Waals surface area contributed by atoms with Crippen molar-refractivity contribution in [3.63, 3.8) is 0 Å². The third kappa shape index (κ3) is 0.648. The Kier molecular flexibility index (Phi) is 1.04. The molecule has 0 fully saturated rings. The Morgan fingerprint density at radius 3 is 3.33 bits per heavy atom. The van der Waals surface area contributed by atoms with Gasteiger partial charge in [0.15, 0.2) is 5.65 Å². The molecule has 3 aromatic rings. The van der Waals surface area contributed by atoms with Crippen molar-refractivity contribution in [3.8, 4) is 0 Å². The summed E-state index contributed by atoms with van der Waals surface area (Å²) in [6, 6.07) is 2.08. The molecular weight excluding hydrogens is 170 g/mol. The maximum absolute atomic E-state index is 4.25. The standard InChI is InChI=1S/C8H5N3S/c1-2-12-7-3-10-8-4-9-5-11(8)6(1)7/h1-5H. The molecule has 4 heteroatoms. The first-order valence-corrected chi connectivity index (χ1v) is 4.47. The maximum atomic E-state index is 4.25. The van der Waals surface area contributed by atoms with E-state index in [4.69, 9.17) is 0 Å². The monoisotopic (exact) mass is 175 g/mol. The molecule has 0 spiro atoms. The van der Waals surface area contributed by atoms with Crippen molar-refractivity contribution in [2.24, 2.45) is 0 Å². The minimum absolute atomic E-state index is 0.904. The van der Waals surface area contributed by atoms with Crippen LogP contribution in [0.5, 0.6) is 0 Å². The molecule has 0 aromatic carbocycles. The minimum Gasteiger partial charge on any atom is -0.282 e. The molecule has 0 bridgehead atoms. The summed E-state index contributed by atoms with van der Waals surface area (Å²) in [5.74, 6) is 0. The molecule has 0 aliphatic carbocycles. The zero-order chi connectivity index (χ0) is 7.97. The molecule has 0 atom stereocenters. The minimum atomic E-state index is 0.904. The summed E-state index contributed by atoms with van der Waals surface area (Å²) in [6.07, 6.45) is 5.44. The van der Waals surface area contributed by atoms with Crippen LogP contribution >= 0.6 is 11.3 Å². The lowest BCUT2D eigenvalue weighted by molar-refractivity contribution is 1.18. The predicted molar refractivity (Wildman–Crippen MR) is 48.4 cm³/mol. The highest BCUT2D eigenvalue weighted by atomic mass is 32.1. The number of hydrogen-bond acceptors (Lipinski definition) is 3. The van der Waals surface area contributed by atoms with Gasteiger partial charge in [0.1, 0.15) is 6.33 Å².